The maximum absolute atomic E-state index is 13.3. The normalized spacial score (nSPS) is 16.5. The molecule has 0 amide bonds. The Morgan fingerprint density at radius 2 is 1.64 bits per heavy atom. The Bertz CT molecular complexity index is 997. The van der Waals surface area contributed by atoms with Crippen molar-refractivity contribution in [3.63, 3.8) is 0 Å². The van der Waals surface area contributed by atoms with Crippen LogP contribution in [0.25, 0.3) is 11.2 Å². The van der Waals surface area contributed by atoms with E-state index < -0.39 is 0 Å². The maximum Gasteiger partial charge on any atom is 0.332 e. The fourth-order valence-corrected chi connectivity index (χ4v) is 3.76. The second-order valence-electron chi connectivity index (χ2n) is 7.71. The van der Waals surface area contributed by atoms with Gasteiger partial charge in [-0.15, -0.1) is 0 Å². The Morgan fingerprint density at radius 3 is 2.29 bits per heavy atom. The summed E-state index contributed by atoms with van der Waals surface area (Å²) in [6.45, 7) is 9.47. The minimum Gasteiger partial charge on any atom is -0.294 e. The molecule has 1 aliphatic heterocycles. The molecule has 0 aromatic carbocycles. The maximum atomic E-state index is 13.3. The molecule has 0 spiro atoms. The highest BCUT2D eigenvalue weighted by Crippen LogP contribution is 2.29. The van der Waals surface area contributed by atoms with E-state index >= 15 is 0 Å². The zero-order chi connectivity index (χ0) is 20.4. The SMILES string of the molecule is CCCCCN1N=C(C)[C@H](C)n2c1nc1c2c(=O)n(CCCCC)c(=O)n1C. The molecule has 8 nitrogen and oxygen atoms in total. The molecule has 0 unspecified atom stereocenters. The smallest absolute Gasteiger partial charge is 0.294 e. The van der Waals surface area contributed by atoms with Crippen molar-refractivity contribution in [1.29, 1.82) is 0 Å². The van der Waals surface area contributed by atoms with Gasteiger partial charge in [-0.25, -0.2) is 9.80 Å². The Morgan fingerprint density at radius 1 is 1.00 bits per heavy atom. The van der Waals surface area contributed by atoms with Crippen molar-refractivity contribution in [2.45, 2.75) is 78.8 Å². The highest BCUT2D eigenvalue weighted by atomic mass is 16.2. The van der Waals surface area contributed by atoms with Gasteiger partial charge in [-0.2, -0.15) is 10.1 Å². The van der Waals surface area contributed by atoms with E-state index in [2.05, 4.69) is 18.8 Å². The fourth-order valence-electron chi connectivity index (χ4n) is 3.76. The van der Waals surface area contributed by atoms with Gasteiger partial charge in [-0.3, -0.25) is 18.5 Å². The van der Waals surface area contributed by atoms with Crippen LogP contribution in [0.4, 0.5) is 5.95 Å². The predicted molar refractivity (Wildman–Crippen MR) is 113 cm³/mol. The van der Waals surface area contributed by atoms with Gasteiger partial charge >= 0.3 is 5.69 Å². The van der Waals surface area contributed by atoms with Crippen LogP contribution in [0.5, 0.6) is 0 Å². The van der Waals surface area contributed by atoms with Gasteiger partial charge in [0.2, 0.25) is 5.95 Å². The Labute approximate surface area is 165 Å². The van der Waals surface area contributed by atoms with Crippen LogP contribution in [0.1, 0.15) is 72.3 Å². The molecule has 0 saturated carbocycles. The summed E-state index contributed by atoms with van der Waals surface area (Å²) in [6.07, 6.45) is 6.09. The quantitative estimate of drug-likeness (QED) is 0.651. The van der Waals surface area contributed by atoms with Gasteiger partial charge in [0.25, 0.3) is 5.56 Å². The largest absolute Gasteiger partial charge is 0.332 e. The average Bonchev–Trinajstić information content (AvgIpc) is 3.08. The summed E-state index contributed by atoms with van der Waals surface area (Å²) in [6, 6.07) is -0.0725. The Hall–Kier alpha value is -2.38. The zero-order valence-corrected chi connectivity index (χ0v) is 17.7. The van der Waals surface area contributed by atoms with Crippen molar-refractivity contribution < 1.29 is 0 Å². The molecule has 0 radical (unpaired) electrons. The molecule has 2 aromatic rings. The molecular weight excluding hydrogens is 356 g/mol. The number of hydrazone groups is 1. The van der Waals surface area contributed by atoms with Crippen LogP contribution < -0.4 is 16.3 Å². The number of fused-ring (bicyclic) bond motifs is 3. The summed E-state index contributed by atoms with van der Waals surface area (Å²) < 4.78 is 4.82. The first-order valence-electron chi connectivity index (χ1n) is 10.5. The van der Waals surface area contributed by atoms with Gasteiger partial charge < -0.3 is 0 Å². The topological polar surface area (TPSA) is 77.4 Å². The number of nitrogens with zero attached hydrogens (tertiary/aromatic N) is 6. The third kappa shape index (κ3) is 3.40. The van der Waals surface area contributed by atoms with Gasteiger partial charge in [-0.05, 0) is 26.7 Å². The van der Waals surface area contributed by atoms with E-state index in [4.69, 9.17) is 5.10 Å². The van der Waals surface area contributed by atoms with Crippen molar-refractivity contribution >= 4 is 22.8 Å². The van der Waals surface area contributed by atoms with Crippen LogP contribution in [0, 0.1) is 0 Å². The predicted octanol–water partition coefficient (Wildman–Crippen LogP) is 3.03. The van der Waals surface area contributed by atoms with Crippen molar-refractivity contribution in [3.05, 3.63) is 20.8 Å². The Kier molecular flexibility index (Phi) is 6.05. The van der Waals surface area contributed by atoms with Gasteiger partial charge in [0.15, 0.2) is 11.2 Å². The first-order chi connectivity index (χ1) is 13.4. The molecule has 0 saturated heterocycles. The molecule has 0 fully saturated rings. The van der Waals surface area contributed by atoms with Crippen molar-refractivity contribution in [2.75, 3.05) is 11.6 Å². The molecule has 3 rings (SSSR count). The van der Waals surface area contributed by atoms with E-state index in [0.717, 1.165) is 50.8 Å². The lowest BCUT2D eigenvalue weighted by Crippen LogP contribution is -2.40. The number of aryl methyl sites for hydroxylation is 1. The second-order valence-corrected chi connectivity index (χ2v) is 7.71. The lowest BCUT2D eigenvalue weighted by Gasteiger charge is -2.29. The minimum atomic E-state index is -0.299. The van der Waals surface area contributed by atoms with E-state index in [9.17, 15) is 9.59 Å². The third-order valence-electron chi connectivity index (χ3n) is 5.62. The van der Waals surface area contributed by atoms with Crippen molar-refractivity contribution in [3.8, 4) is 0 Å². The van der Waals surface area contributed by atoms with E-state index in [1.165, 1.54) is 9.13 Å². The highest BCUT2D eigenvalue weighted by Gasteiger charge is 2.30. The van der Waals surface area contributed by atoms with Gasteiger partial charge in [0.05, 0.1) is 11.8 Å². The fraction of sp³-hybridized carbons (Fsp3) is 0.700. The first-order valence-corrected chi connectivity index (χ1v) is 10.5. The van der Waals surface area contributed by atoms with Crippen LogP contribution in [0.2, 0.25) is 0 Å². The number of aromatic nitrogens is 4. The lowest BCUT2D eigenvalue weighted by molar-refractivity contribution is 0.547. The number of rotatable bonds is 8. The molecule has 3 heterocycles. The van der Waals surface area contributed by atoms with Crippen molar-refractivity contribution in [1.82, 2.24) is 18.7 Å². The standard InChI is InChI=1S/C20H32N6O2/c1-6-8-10-12-24-18(27)16-17(23(5)20(24)28)21-19-25(13-11-9-7-2)22-14(3)15(4)26(16)19/h15H,6-13H2,1-5H3/t15-/m0/s1. The summed E-state index contributed by atoms with van der Waals surface area (Å²) >= 11 is 0. The van der Waals surface area contributed by atoms with Gasteiger partial charge in [0, 0.05) is 20.1 Å². The molecule has 28 heavy (non-hydrogen) atoms. The summed E-state index contributed by atoms with van der Waals surface area (Å²) in [5, 5.41) is 6.59. The summed E-state index contributed by atoms with van der Waals surface area (Å²) in [5.74, 6) is 0.655. The zero-order valence-electron chi connectivity index (χ0n) is 17.7. The molecule has 2 aromatic heterocycles. The molecule has 1 atom stereocenters. The van der Waals surface area contributed by atoms with Gasteiger partial charge in [-0.1, -0.05) is 39.5 Å². The Balaban J connectivity index is 2.17. The monoisotopic (exact) mass is 388 g/mol. The number of anilines is 1. The average molecular weight is 389 g/mol. The summed E-state index contributed by atoms with van der Waals surface area (Å²) in [7, 11) is 1.69. The number of imidazole rings is 1. The number of unbranched alkanes of at least 4 members (excludes halogenated alkanes) is 4. The van der Waals surface area contributed by atoms with E-state index in [1.54, 1.807) is 7.05 Å². The summed E-state index contributed by atoms with van der Waals surface area (Å²) in [5.41, 5.74) is 1.33. The van der Waals surface area contributed by atoms with Crippen LogP contribution in [0.3, 0.4) is 0 Å². The van der Waals surface area contributed by atoms with E-state index in [1.807, 2.05) is 23.4 Å². The molecule has 8 heteroatoms. The molecule has 0 bridgehead atoms. The van der Waals surface area contributed by atoms with E-state index in [0.29, 0.717) is 23.7 Å². The van der Waals surface area contributed by atoms with E-state index in [-0.39, 0.29) is 17.3 Å². The molecule has 0 N–H and O–H groups in total. The highest BCUT2D eigenvalue weighted by molar-refractivity contribution is 5.91. The lowest BCUT2D eigenvalue weighted by atomic mass is 10.2. The molecule has 1 aliphatic rings. The van der Waals surface area contributed by atoms with Crippen LogP contribution in [0.15, 0.2) is 14.7 Å². The van der Waals surface area contributed by atoms with Crippen LogP contribution >= 0.6 is 0 Å². The third-order valence-corrected chi connectivity index (χ3v) is 5.62. The summed E-state index contributed by atoms with van der Waals surface area (Å²) in [4.78, 5) is 30.8. The molecular formula is C20H32N6O2. The number of hydrogen-bond acceptors (Lipinski definition) is 5. The minimum absolute atomic E-state index is 0.0725. The van der Waals surface area contributed by atoms with Crippen LogP contribution in [-0.2, 0) is 13.6 Å². The molecule has 0 aliphatic carbocycles. The number of hydrogen-bond donors (Lipinski definition) is 0. The molecule has 154 valence electrons. The first kappa shape index (κ1) is 20.4. The second kappa shape index (κ2) is 8.32. The van der Waals surface area contributed by atoms with Gasteiger partial charge in [0.1, 0.15) is 0 Å². The van der Waals surface area contributed by atoms with Crippen LogP contribution in [-0.4, -0.2) is 30.9 Å². The van der Waals surface area contributed by atoms with Crippen molar-refractivity contribution in [2.24, 2.45) is 12.1 Å².